The van der Waals surface area contributed by atoms with Gasteiger partial charge in [-0.15, -0.1) is 11.3 Å². The summed E-state index contributed by atoms with van der Waals surface area (Å²) < 4.78 is 13.2. The molecular formula is C24H26FN5OS. The number of hydrogen-bond acceptors (Lipinski definition) is 6. The van der Waals surface area contributed by atoms with E-state index in [0.29, 0.717) is 6.42 Å². The Balaban J connectivity index is 1.11. The van der Waals surface area contributed by atoms with Crippen molar-refractivity contribution in [3.05, 3.63) is 76.4 Å². The predicted molar refractivity (Wildman–Crippen MR) is 123 cm³/mol. The maximum atomic E-state index is 13.2. The molecule has 2 saturated heterocycles. The van der Waals surface area contributed by atoms with E-state index in [2.05, 4.69) is 33.3 Å². The number of nitrogens with one attached hydrogen (secondary N) is 2. The Morgan fingerprint density at radius 2 is 1.78 bits per heavy atom. The van der Waals surface area contributed by atoms with Crippen molar-refractivity contribution in [3.63, 3.8) is 0 Å². The summed E-state index contributed by atoms with van der Waals surface area (Å²) in [5.74, 6) is -0.124. The SMILES string of the molecule is O=C(C1CC(c2ccc(F)cc2)NN1)N1CCN(Cc2nc(-c3ccccc3)cs2)CC1. The third kappa shape index (κ3) is 4.73. The van der Waals surface area contributed by atoms with Crippen molar-refractivity contribution < 1.29 is 9.18 Å². The third-order valence-corrected chi connectivity index (χ3v) is 6.97. The van der Waals surface area contributed by atoms with Crippen LogP contribution in [0, 0.1) is 5.82 Å². The molecule has 0 radical (unpaired) electrons. The molecule has 1 aromatic heterocycles. The molecule has 0 spiro atoms. The van der Waals surface area contributed by atoms with Gasteiger partial charge in [-0.25, -0.2) is 20.2 Å². The van der Waals surface area contributed by atoms with E-state index in [4.69, 9.17) is 4.98 Å². The maximum Gasteiger partial charge on any atom is 0.241 e. The molecule has 0 aliphatic carbocycles. The summed E-state index contributed by atoms with van der Waals surface area (Å²) in [7, 11) is 0. The fourth-order valence-corrected chi connectivity index (χ4v) is 5.14. The molecule has 32 heavy (non-hydrogen) atoms. The van der Waals surface area contributed by atoms with Crippen molar-refractivity contribution in [1.82, 2.24) is 25.6 Å². The smallest absolute Gasteiger partial charge is 0.241 e. The summed E-state index contributed by atoms with van der Waals surface area (Å²) >= 11 is 1.69. The molecule has 2 fully saturated rings. The van der Waals surface area contributed by atoms with Crippen LogP contribution in [0.3, 0.4) is 0 Å². The number of hydrogen-bond donors (Lipinski definition) is 2. The number of nitrogens with zero attached hydrogens (tertiary/aromatic N) is 3. The van der Waals surface area contributed by atoms with Gasteiger partial charge in [-0.05, 0) is 24.1 Å². The van der Waals surface area contributed by atoms with Gasteiger partial charge in [0.25, 0.3) is 0 Å². The van der Waals surface area contributed by atoms with Crippen LogP contribution in [0.15, 0.2) is 60.0 Å². The number of amides is 1. The number of aromatic nitrogens is 1. The van der Waals surface area contributed by atoms with Crippen molar-refractivity contribution in [2.45, 2.75) is 25.0 Å². The molecule has 3 aromatic rings. The molecule has 6 nitrogen and oxygen atoms in total. The van der Waals surface area contributed by atoms with Crippen molar-refractivity contribution >= 4 is 17.2 Å². The number of hydrazine groups is 1. The van der Waals surface area contributed by atoms with Crippen molar-refractivity contribution in [3.8, 4) is 11.3 Å². The highest BCUT2D eigenvalue weighted by molar-refractivity contribution is 7.09. The molecule has 2 aliphatic heterocycles. The van der Waals surface area contributed by atoms with Crippen LogP contribution in [-0.4, -0.2) is 52.9 Å². The minimum atomic E-state index is -0.260. The Bertz CT molecular complexity index is 1050. The average molecular weight is 452 g/mol. The first-order valence-electron chi connectivity index (χ1n) is 10.9. The number of carbonyl (C=O) groups excluding carboxylic acids is 1. The minimum Gasteiger partial charge on any atom is -0.339 e. The zero-order valence-corrected chi connectivity index (χ0v) is 18.5. The van der Waals surface area contributed by atoms with Crippen LogP contribution in [0.25, 0.3) is 11.3 Å². The summed E-state index contributed by atoms with van der Waals surface area (Å²) in [5, 5.41) is 3.22. The number of piperazine rings is 1. The van der Waals surface area contributed by atoms with Crippen molar-refractivity contribution in [1.29, 1.82) is 0 Å². The number of halogens is 1. The Morgan fingerprint density at radius 3 is 2.53 bits per heavy atom. The van der Waals surface area contributed by atoms with E-state index >= 15 is 0 Å². The molecule has 2 N–H and O–H groups in total. The topological polar surface area (TPSA) is 60.5 Å². The van der Waals surface area contributed by atoms with Gasteiger partial charge in [0, 0.05) is 43.2 Å². The second kappa shape index (κ2) is 9.46. The Hall–Kier alpha value is -2.65. The highest BCUT2D eigenvalue weighted by Gasteiger charge is 2.34. The second-order valence-corrected chi connectivity index (χ2v) is 9.22. The van der Waals surface area contributed by atoms with E-state index in [-0.39, 0.29) is 23.8 Å². The molecule has 0 bridgehead atoms. The van der Waals surface area contributed by atoms with Crippen LogP contribution in [0.4, 0.5) is 4.39 Å². The van der Waals surface area contributed by atoms with Crippen LogP contribution < -0.4 is 10.9 Å². The van der Waals surface area contributed by atoms with Gasteiger partial charge < -0.3 is 4.90 Å². The minimum absolute atomic E-state index is 0.00884. The molecule has 1 amide bonds. The van der Waals surface area contributed by atoms with E-state index in [1.807, 2.05) is 23.1 Å². The van der Waals surface area contributed by atoms with E-state index < -0.39 is 0 Å². The van der Waals surface area contributed by atoms with E-state index in [0.717, 1.165) is 54.6 Å². The highest BCUT2D eigenvalue weighted by Crippen LogP contribution is 2.25. The first-order chi connectivity index (χ1) is 15.7. The second-order valence-electron chi connectivity index (χ2n) is 8.28. The van der Waals surface area contributed by atoms with E-state index in [1.165, 1.54) is 12.1 Å². The van der Waals surface area contributed by atoms with Crippen LogP contribution in [-0.2, 0) is 11.3 Å². The lowest BCUT2D eigenvalue weighted by Gasteiger charge is -2.35. The Labute approximate surface area is 191 Å². The van der Waals surface area contributed by atoms with Gasteiger partial charge in [0.05, 0.1) is 12.2 Å². The summed E-state index contributed by atoms with van der Waals surface area (Å²) in [5.41, 5.74) is 9.46. The predicted octanol–water partition coefficient (Wildman–Crippen LogP) is 3.20. The third-order valence-electron chi connectivity index (χ3n) is 6.14. The normalized spacial score (nSPS) is 21.7. The standard InChI is InChI=1S/C24H26FN5OS/c25-19-8-6-18(7-9-19)20-14-21(28-27-20)24(31)30-12-10-29(11-13-30)15-23-26-22(16-32-23)17-4-2-1-3-5-17/h1-9,16,20-21,27-28H,10-15H2. The quantitative estimate of drug-likeness (QED) is 0.624. The molecule has 0 saturated carbocycles. The Kier molecular flexibility index (Phi) is 6.27. The average Bonchev–Trinajstić information content (AvgIpc) is 3.51. The summed E-state index contributed by atoms with van der Waals surface area (Å²) in [6, 6.07) is 16.4. The molecule has 5 rings (SSSR count). The van der Waals surface area contributed by atoms with Crippen molar-refractivity contribution in [2.75, 3.05) is 26.2 Å². The molecule has 8 heteroatoms. The van der Waals surface area contributed by atoms with Crippen LogP contribution in [0.1, 0.15) is 23.0 Å². The van der Waals surface area contributed by atoms with Gasteiger partial charge >= 0.3 is 0 Å². The lowest BCUT2D eigenvalue weighted by atomic mass is 10.0. The fraction of sp³-hybridized carbons (Fsp3) is 0.333. The fourth-order valence-electron chi connectivity index (χ4n) is 4.29. The maximum absolute atomic E-state index is 13.2. The Morgan fingerprint density at radius 1 is 1.03 bits per heavy atom. The van der Waals surface area contributed by atoms with E-state index in [1.54, 1.807) is 23.5 Å². The highest BCUT2D eigenvalue weighted by atomic mass is 32.1. The van der Waals surface area contributed by atoms with Crippen LogP contribution >= 0.6 is 11.3 Å². The van der Waals surface area contributed by atoms with Crippen molar-refractivity contribution in [2.24, 2.45) is 0 Å². The monoisotopic (exact) mass is 451 g/mol. The van der Waals surface area contributed by atoms with Crippen LogP contribution in [0.2, 0.25) is 0 Å². The van der Waals surface area contributed by atoms with Gasteiger partial charge in [0.1, 0.15) is 16.9 Å². The number of benzene rings is 2. The number of carbonyl (C=O) groups is 1. The lowest BCUT2D eigenvalue weighted by molar-refractivity contribution is -0.135. The molecule has 166 valence electrons. The first-order valence-corrected chi connectivity index (χ1v) is 11.8. The first kappa shape index (κ1) is 21.2. The van der Waals surface area contributed by atoms with Gasteiger partial charge in [-0.1, -0.05) is 42.5 Å². The molecular weight excluding hydrogens is 425 g/mol. The number of rotatable bonds is 5. The van der Waals surface area contributed by atoms with E-state index in [9.17, 15) is 9.18 Å². The lowest BCUT2D eigenvalue weighted by Crippen LogP contribution is -2.53. The largest absolute Gasteiger partial charge is 0.339 e. The van der Waals surface area contributed by atoms with Crippen LogP contribution in [0.5, 0.6) is 0 Å². The van der Waals surface area contributed by atoms with Gasteiger partial charge in [0.15, 0.2) is 0 Å². The molecule has 2 atom stereocenters. The molecule has 2 unspecified atom stereocenters. The molecule has 2 aromatic carbocycles. The molecule has 2 aliphatic rings. The zero-order valence-electron chi connectivity index (χ0n) is 17.7. The summed E-state index contributed by atoms with van der Waals surface area (Å²) in [4.78, 5) is 22.1. The van der Waals surface area contributed by atoms with Gasteiger partial charge in [-0.2, -0.15) is 0 Å². The molecule has 3 heterocycles. The summed E-state index contributed by atoms with van der Waals surface area (Å²) in [6.45, 7) is 3.93. The number of thiazole rings is 1. The van der Waals surface area contributed by atoms with Gasteiger partial charge in [0.2, 0.25) is 5.91 Å². The zero-order chi connectivity index (χ0) is 21.9. The van der Waals surface area contributed by atoms with Gasteiger partial charge in [-0.3, -0.25) is 9.69 Å². The summed E-state index contributed by atoms with van der Waals surface area (Å²) in [6.07, 6.45) is 0.659.